The first kappa shape index (κ1) is 13.8. The minimum Gasteiger partial charge on any atom is -0.337 e. The van der Waals surface area contributed by atoms with Gasteiger partial charge in [-0.15, -0.1) is 0 Å². The van der Waals surface area contributed by atoms with Crippen LogP contribution in [0.25, 0.3) is 0 Å². The fourth-order valence-electron chi connectivity index (χ4n) is 2.05. The number of urea groups is 1. The second kappa shape index (κ2) is 5.57. The minimum absolute atomic E-state index is 0.191. The number of benzene rings is 1. The number of nitrogens with zero attached hydrogens (tertiary/aromatic N) is 1. The van der Waals surface area contributed by atoms with Gasteiger partial charge >= 0.3 is 6.03 Å². The molecule has 2 amide bonds. The number of halogens is 1. The number of hydrogen-bond donors (Lipinski definition) is 2. The molecule has 5 heteroatoms. The highest BCUT2D eigenvalue weighted by atomic mass is 19.1. The van der Waals surface area contributed by atoms with Crippen molar-refractivity contribution in [1.82, 2.24) is 15.5 Å². The zero-order chi connectivity index (χ0) is 13.9. The second-order valence-corrected chi connectivity index (χ2v) is 5.28. The van der Waals surface area contributed by atoms with Gasteiger partial charge in [0, 0.05) is 13.1 Å². The van der Waals surface area contributed by atoms with E-state index in [0.29, 0.717) is 6.54 Å². The first-order chi connectivity index (χ1) is 9.02. The molecule has 1 saturated carbocycles. The fourth-order valence-corrected chi connectivity index (χ4v) is 2.05. The maximum absolute atomic E-state index is 13.2. The van der Waals surface area contributed by atoms with E-state index in [9.17, 15) is 9.18 Å². The third kappa shape index (κ3) is 3.67. The van der Waals surface area contributed by atoms with Gasteiger partial charge in [0.25, 0.3) is 0 Å². The summed E-state index contributed by atoms with van der Waals surface area (Å²) in [5.41, 5.74) is 0.472. The van der Waals surface area contributed by atoms with E-state index in [1.807, 2.05) is 25.1 Å². The van der Waals surface area contributed by atoms with Crippen LogP contribution in [-0.4, -0.2) is 38.1 Å². The predicted octanol–water partition coefficient (Wildman–Crippen LogP) is 1.68. The molecule has 0 heterocycles. The van der Waals surface area contributed by atoms with Crippen molar-refractivity contribution in [3.63, 3.8) is 0 Å². The highest BCUT2D eigenvalue weighted by molar-refractivity contribution is 5.75. The Morgan fingerprint density at radius 2 is 2.16 bits per heavy atom. The molecule has 1 fully saturated rings. The van der Waals surface area contributed by atoms with Crippen molar-refractivity contribution in [2.24, 2.45) is 0 Å². The van der Waals surface area contributed by atoms with Crippen molar-refractivity contribution in [2.75, 3.05) is 27.2 Å². The summed E-state index contributed by atoms with van der Waals surface area (Å²) in [5.74, 6) is -0.265. The van der Waals surface area contributed by atoms with Crippen LogP contribution in [0.4, 0.5) is 9.18 Å². The van der Waals surface area contributed by atoms with Gasteiger partial charge in [0.05, 0.1) is 5.54 Å². The number of carbonyl (C=O) groups excluding carboxylic acids is 1. The van der Waals surface area contributed by atoms with Gasteiger partial charge in [-0.2, -0.15) is 0 Å². The Kier molecular flexibility index (Phi) is 4.04. The van der Waals surface area contributed by atoms with Crippen molar-refractivity contribution >= 4 is 6.03 Å². The molecule has 1 aromatic carbocycles. The van der Waals surface area contributed by atoms with Crippen molar-refractivity contribution in [3.8, 4) is 0 Å². The van der Waals surface area contributed by atoms with Crippen LogP contribution < -0.4 is 10.6 Å². The normalized spacial score (nSPS) is 16.2. The molecular formula is C14H20FN3O. The molecule has 0 unspecified atom stereocenters. The fraction of sp³-hybridized carbons (Fsp3) is 0.500. The standard InChI is InChI=1S/C14H20FN3O/c1-18(2)9-8-16-13(19)17-14(6-7-14)11-4-3-5-12(15)10-11/h3-5,10H,6-9H2,1-2H3,(H2,16,17,19). The summed E-state index contributed by atoms with van der Waals surface area (Å²) in [7, 11) is 3.91. The number of hydrogen-bond acceptors (Lipinski definition) is 2. The number of nitrogens with one attached hydrogen (secondary N) is 2. The van der Waals surface area contributed by atoms with E-state index in [4.69, 9.17) is 0 Å². The average Bonchev–Trinajstić information content (AvgIpc) is 3.09. The third-order valence-electron chi connectivity index (χ3n) is 3.32. The molecule has 19 heavy (non-hydrogen) atoms. The van der Waals surface area contributed by atoms with Gasteiger partial charge in [0.2, 0.25) is 0 Å². The Morgan fingerprint density at radius 1 is 1.42 bits per heavy atom. The van der Waals surface area contributed by atoms with Crippen LogP contribution in [0.15, 0.2) is 24.3 Å². The number of rotatable bonds is 5. The van der Waals surface area contributed by atoms with E-state index in [1.54, 1.807) is 6.07 Å². The van der Waals surface area contributed by atoms with E-state index >= 15 is 0 Å². The van der Waals surface area contributed by atoms with Gasteiger partial charge in [-0.05, 0) is 44.6 Å². The van der Waals surface area contributed by atoms with Gasteiger partial charge in [0.15, 0.2) is 0 Å². The summed E-state index contributed by atoms with van der Waals surface area (Å²) in [5, 5.41) is 5.76. The van der Waals surface area contributed by atoms with Crippen molar-refractivity contribution < 1.29 is 9.18 Å². The van der Waals surface area contributed by atoms with Crippen LogP contribution in [0.2, 0.25) is 0 Å². The Hall–Kier alpha value is -1.62. The first-order valence-electron chi connectivity index (χ1n) is 6.49. The van der Waals surface area contributed by atoms with E-state index in [-0.39, 0.29) is 17.4 Å². The summed E-state index contributed by atoms with van der Waals surface area (Å²) in [6, 6.07) is 6.25. The maximum Gasteiger partial charge on any atom is 0.315 e. The molecule has 0 bridgehead atoms. The molecule has 0 aliphatic heterocycles. The molecule has 1 aliphatic rings. The summed E-state index contributed by atoms with van der Waals surface area (Å²) >= 11 is 0. The highest BCUT2D eigenvalue weighted by Crippen LogP contribution is 2.45. The summed E-state index contributed by atoms with van der Waals surface area (Å²) in [4.78, 5) is 13.8. The molecule has 0 saturated heterocycles. The molecule has 1 aliphatic carbocycles. The van der Waals surface area contributed by atoms with Gasteiger partial charge in [0.1, 0.15) is 5.82 Å². The molecule has 104 valence electrons. The molecule has 4 nitrogen and oxygen atoms in total. The smallest absolute Gasteiger partial charge is 0.315 e. The van der Waals surface area contributed by atoms with Crippen LogP contribution in [-0.2, 0) is 5.54 Å². The number of likely N-dealkylation sites (N-methyl/N-ethyl adjacent to an activating group) is 1. The van der Waals surface area contributed by atoms with Gasteiger partial charge in [-0.25, -0.2) is 9.18 Å². The average molecular weight is 265 g/mol. The van der Waals surface area contributed by atoms with Crippen molar-refractivity contribution in [1.29, 1.82) is 0 Å². The van der Waals surface area contributed by atoms with E-state index in [1.165, 1.54) is 12.1 Å². The first-order valence-corrected chi connectivity index (χ1v) is 6.49. The van der Waals surface area contributed by atoms with Crippen LogP contribution in [0.5, 0.6) is 0 Å². The van der Waals surface area contributed by atoms with Crippen molar-refractivity contribution in [3.05, 3.63) is 35.6 Å². The van der Waals surface area contributed by atoms with Crippen molar-refractivity contribution in [2.45, 2.75) is 18.4 Å². The van der Waals surface area contributed by atoms with Crippen LogP contribution in [0.3, 0.4) is 0 Å². The molecular weight excluding hydrogens is 245 g/mol. The lowest BCUT2D eigenvalue weighted by Crippen LogP contribution is -2.44. The lowest BCUT2D eigenvalue weighted by atomic mass is 10.1. The predicted molar refractivity (Wildman–Crippen MR) is 72.4 cm³/mol. The minimum atomic E-state index is -0.371. The van der Waals surface area contributed by atoms with Gasteiger partial charge in [-0.1, -0.05) is 12.1 Å². The Morgan fingerprint density at radius 3 is 2.74 bits per heavy atom. The van der Waals surface area contributed by atoms with Gasteiger partial charge in [-0.3, -0.25) is 0 Å². The number of carbonyl (C=O) groups is 1. The Labute approximate surface area is 113 Å². The van der Waals surface area contributed by atoms with Crippen LogP contribution >= 0.6 is 0 Å². The Balaban J connectivity index is 1.89. The molecule has 2 N–H and O–H groups in total. The van der Waals surface area contributed by atoms with E-state index in [2.05, 4.69) is 10.6 Å². The van der Waals surface area contributed by atoms with Crippen LogP contribution in [0, 0.1) is 5.82 Å². The molecule has 0 spiro atoms. The lowest BCUT2D eigenvalue weighted by molar-refractivity contribution is 0.234. The monoisotopic (exact) mass is 265 g/mol. The number of amides is 2. The summed E-state index contributed by atoms with van der Waals surface area (Å²) in [6.07, 6.45) is 1.72. The molecule has 0 atom stereocenters. The largest absolute Gasteiger partial charge is 0.337 e. The maximum atomic E-state index is 13.2. The zero-order valence-electron chi connectivity index (χ0n) is 11.4. The zero-order valence-corrected chi connectivity index (χ0v) is 11.4. The van der Waals surface area contributed by atoms with Crippen LogP contribution in [0.1, 0.15) is 18.4 Å². The van der Waals surface area contributed by atoms with E-state index in [0.717, 1.165) is 24.9 Å². The summed E-state index contributed by atoms with van der Waals surface area (Å²) in [6.45, 7) is 1.39. The topological polar surface area (TPSA) is 44.4 Å². The SMILES string of the molecule is CN(C)CCNC(=O)NC1(c2cccc(F)c2)CC1. The highest BCUT2D eigenvalue weighted by Gasteiger charge is 2.45. The lowest BCUT2D eigenvalue weighted by Gasteiger charge is -2.19. The molecule has 0 radical (unpaired) electrons. The van der Waals surface area contributed by atoms with E-state index < -0.39 is 0 Å². The van der Waals surface area contributed by atoms with Gasteiger partial charge < -0.3 is 15.5 Å². The molecule has 2 rings (SSSR count). The summed E-state index contributed by atoms with van der Waals surface area (Å²) < 4.78 is 13.2. The molecule has 1 aromatic rings. The molecule has 0 aromatic heterocycles. The second-order valence-electron chi connectivity index (χ2n) is 5.28. The Bertz CT molecular complexity index is 458. The third-order valence-corrected chi connectivity index (χ3v) is 3.32. The quantitative estimate of drug-likeness (QED) is 0.850.